The molecule has 19 heavy (non-hydrogen) atoms. The third kappa shape index (κ3) is 3.42. The molecule has 1 N–H and O–H groups in total. The minimum Gasteiger partial charge on any atom is -0.365 e. The van der Waals surface area contributed by atoms with E-state index in [0.717, 1.165) is 22.1 Å². The number of halogens is 1. The van der Waals surface area contributed by atoms with Crippen LogP contribution in [0, 0.1) is 6.92 Å². The van der Waals surface area contributed by atoms with Crippen molar-refractivity contribution >= 4 is 28.8 Å². The summed E-state index contributed by atoms with van der Waals surface area (Å²) in [5.74, 6) is 1.54. The Morgan fingerprint density at radius 1 is 1.32 bits per heavy atom. The van der Waals surface area contributed by atoms with E-state index in [1.54, 1.807) is 11.3 Å². The Labute approximate surface area is 122 Å². The number of aromatic nitrogens is 3. The molecule has 0 bridgehead atoms. The van der Waals surface area contributed by atoms with Crippen LogP contribution in [0.4, 0.5) is 5.82 Å². The Morgan fingerprint density at radius 3 is 2.63 bits per heavy atom. The molecule has 0 aliphatic carbocycles. The number of nitrogens with zero attached hydrogens (tertiary/aromatic N) is 3. The number of hydrogen-bond donors (Lipinski definition) is 1. The zero-order valence-corrected chi connectivity index (χ0v) is 13.1. The van der Waals surface area contributed by atoms with E-state index in [-0.39, 0.29) is 5.41 Å². The Hall–Kier alpha value is -1.20. The van der Waals surface area contributed by atoms with Crippen molar-refractivity contribution in [2.75, 3.05) is 5.32 Å². The van der Waals surface area contributed by atoms with Crippen LogP contribution in [0.2, 0.25) is 5.15 Å². The van der Waals surface area contributed by atoms with Gasteiger partial charge in [-0.1, -0.05) is 32.4 Å². The van der Waals surface area contributed by atoms with Crippen LogP contribution in [0.5, 0.6) is 0 Å². The van der Waals surface area contributed by atoms with Crippen molar-refractivity contribution in [3.63, 3.8) is 0 Å². The van der Waals surface area contributed by atoms with Gasteiger partial charge in [0, 0.05) is 22.1 Å². The molecule has 2 aromatic heterocycles. The van der Waals surface area contributed by atoms with Gasteiger partial charge in [-0.15, -0.1) is 11.3 Å². The van der Waals surface area contributed by atoms with Crippen molar-refractivity contribution in [2.45, 2.75) is 39.7 Å². The van der Waals surface area contributed by atoms with E-state index in [1.807, 2.05) is 18.6 Å². The molecule has 0 aliphatic rings. The first-order valence-electron chi connectivity index (χ1n) is 6.04. The lowest BCUT2D eigenvalue weighted by atomic mass is 9.95. The second-order valence-corrected chi connectivity index (χ2v) is 6.71. The van der Waals surface area contributed by atoms with E-state index in [4.69, 9.17) is 11.6 Å². The van der Waals surface area contributed by atoms with Gasteiger partial charge in [-0.25, -0.2) is 9.97 Å². The predicted molar refractivity (Wildman–Crippen MR) is 79.9 cm³/mol. The topological polar surface area (TPSA) is 50.7 Å². The summed E-state index contributed by atoms with van der Waals surface area (Å²) >= 11 is 7.80. The molecule has 0 amide bonds. The number of thiazole rings is 1. The van der Waals surface area contributed by atoms with E-state index in [9.17, 15) is 0 Å². The molecule has 0 spiro atoms. The van der Waals surface area contributed by atoms with E-state index >= 15 is 0 Å². The molecule has 2 aromatic rings. The van der Waals surface area contributed by atoms with Crippen molar-refractivity contribution in [3.8, 4) is 0 Å². The standard InChI is InChI=1S/C13H17ClN4S/c1-8-10(14)17-12(13(2,3)4)18-11(8)16-6-9-5-15-7-19-9/h5,7H,6H2,1-4H3,(H,16,17,18). The minimum absolute atomic E-state index is 0.127. The maximum absolute atomic E-state index is 6.18. The Balaban J connectivity index is 2.26. The zero-order chi connectivity index (χ0) is 14.0. The fourth-order valence-electron chi connectivity index (χ4n) is 1.50. The molecule has 2 rings (SSSR count). The fourth-order valence-corrected chi connectivity index (χ4v) is 2.20. The highest BCUT2D eigenvalue weighted by atomic mass is 35.5. The second-order valence-electron chi connectivity index (χ2n) is 5.38. The lowest BCUT2D eigenvalue weighted by molar-refractivity contribution is 0.545. The number of nitrogens with one attached hydrogen (secondary N) is 1. The molecule has 0 saturated carbocycles. The molecular formula is C13H17ClN4S. The molecule has 0 aromatic carbocycles. The van der Waals surface area contributed by atoms with E-state index in [1.165, 1.54) is 0 Å². The monoisotopic (exact) mass is 296 g/mol. The van der Waals surface area contributed by atoms with Crippen molar-refractivity contribution in [2.24, 2.45) is 0 Å². The lowest BCUT2D eigenvalue weighted by Crippen LogP contribution is -2.18. The van der Waals surface area contributed by atoms with Crippen molar-refractivity contribution in [1.29, 1.82) is 0 Å². The Morgan fingerprint density at radius 2 is 2.05 bits per heavy atom. The van der Waals surface area contributed by atoms with Crippen LogP contribution in [-0.4, -0.2) is 15.0 Å². The van der Waals surface area contributed by atoms with Gasteiger partial charge in [-0.3, -0.25) is 4.98 Å². The molecule has 102 valence electrons. The van der Waals surface area contributed by atoms with E-state index in [0.29, 0.717) is 11.7 Å². The molecule has 0 unspecified atom stereocenters. The van der Waals surface area contributed by atoms with Crippen LogP contribution in [0.3, 0.4) is 0 Å². The fraction of sp³-hybridized carbons (Fsp3) is 0.462. The van der Waals surface area contributed by atoms with Crippen LogP contribution in [-0.2, 0) is 12.0 Å². The highest BCUT2D eigenvalue weighted by Crippen LogP contribution is 2.26. The normalized spacial score (nSPS) is 11.6. The van der Waals surface area contributed by atoms with Crippen molar-refractivity contribution in [3.05, 3.63) is 33.1 Å². The van der Waals surface area contributed by atoms with Crippen LogP contribution < -0.4 is 5.32 Å². The second kappa shape index (κ2) is 5.43. The molecule has 4 nitrogen and oxygen atoms in total. The number of anilines is 1. The summed E-state index contributed by atoms with van der Waals surface area (Å²) in [4.78, 5) is 14.1. The van der Waals surface area contributed by atoms with Gasteiger partial charge < -0.3 is 5.32 Å². The summed E-state index contributed by atoms with van der Waals surface area (Å²) in [7, 11) is 0. The molecule has 6 heteroatoms. The first-order chi connectivity index (χ1) is 8.88. The van der Waals surface area contributed by atoms with Crippen LogP contribution in [0.1, 0.15) is 37.0 Å². The summed E-state index contributed by atoms with van der Waals surface area (Å²) in [6.07, 6.45) is 1.85. The van der Waals surface area contributed by atoms with Crippen LogP contribution in [0.15, 0.2) is 11.7 Å². The molecule has 0 saturated heterocycles. The van der Waals surface area contributed by atoms with Crippen molar-refractivity contribution in [1.82, 2.24) is 15.0 Å². The molecular weight excluding hydrogens is 280 g/mol. The maximum Gasteiger partial charge on any atom is 0.137 e. The largest absolute Gasteiger partial charge is 0.365 e. The van der Waals surface area contributed by atoms with Gasteiger partial charge >= 0.3 is 0 Å². The highest BCUT2D eigenvalue weighted by Gasteiger charge is 2.20. The third-order valence-corrected chi connectivity index (χ3v) is 3.82. The Bertz CT molecular complexity index is 561. The molecule has 0 radical (unpaired) electrons. The molecule has 0 fully saturated rings. The van der Waals surface area contributed by atoms with E-state index < -0.39 is 0 Å². The molecule has 2 heterocycles. The third-order valence-electron chi connectivity index (χ3n) is 2.67. The van der Waals surface area contributed by atoms with Gasteiger partial charge in [-0.05, 0) is 6.92 Å². The average molecular weight is 297 g/mol. The molecule has 0 atom stereocenters. The summed E-state index contributed by atoms with van der Waals surface area (Å²) in [5, 5.41) is 3.81. The maximum atomic E-state index is 6.18. The van der Waals surface area contributed by atoms with Crippen LogP contribution >= 0.6 is 22.9 Å². The summed E-state index contributed by atoms with van der Waals surface area (Å²) in [6, 6.07) is 0. The summed E-state index contributed by atoms with van der Waals surface area (Å²) in [5.41, 5.74) is 2.56. The number of hydrogen-bond acceptors (Lipinski definition) is 5. The summed E-state index contributed by atoms with van der Waals surface area (Å²) < 4.78 is 0. The quantitative estimate of drug-likeness (QED) is 0.875. The van der Waals surface area contributed by atoms with Gasteiger partial charge in [0.05, 0.1) is 12.1 Å². The van der Waals surface area contributed by atoms with Gasteiger partial charge in [0.2, 0.25) is 0 Å². The SMILES string of the molecule is Cc1c(Cl)nc(C(C)(C)C)nc1NCc1cncs1. The minimum atomic E-state index is -0.127. The smallest absolute Gasteiger partial charge is 0.137 e. The number of rotatable bonds is 3. The summed E-state index contributed by atoms with van der Waals surface area (Å²) in [6.45, 7) is 8.83. The van der Waals surface area contributed by atoms with Gasteiger partial charge in [0.1, 0.15) is 16.8 Å². The zero-order valence-electron chi connectivity index (χ0n) is 11.5. The lowest BCUT2D eigenvalue weighted by Gasteiger charge is -2.19. The van der Waals surface area contributed by atoms with Crippen molar-refractivity contribution < 1.29 is 0 Å². The van der Waals surface area contributed by atoms with Gasteiger partial charge in [-0.2, -0.15) is 0 Å². The van der Waals surface area contributed by atoms with Crippen LogP contribution in [0.25, 0.3) is 0 Å². The first-order valence-corrected chi connectivity index (χ1v) is 7.29. The van der Waals surface area contributed by atoms with Gasteiger partial charge in [0.25, 0.3) is 0 Å². The van der Waals surface area contributed by atoms with Gasteiger partial charge in [0.15, 0.2) is 0 Å². The average Bonchev–Trinajstić information content (AvgIpc) is 2.82. The Kier molecular flexibility index (Phi) is 4.06. The first kappa shape index (κ1) is 14.2. The predicted octanol–water partition coefficient (Wildman–Crippen LogP) is 3.80. The molecule has 0 aliphatic heterocycles. The van der Waals surface area contributed by atoms with E-state index in [2.05, 4.69) is 41.0 Å². The highest BCUT2D eigenvalue weighted by molar-refractivity contribution is 7.09.